The van der Waals surface area contributed by atoms with Gasteiger partial charge in [0.1, 0.15) is 5.75 Å². The van der Waals surface area contributed by atoms with Crippen LogP contribution < -0.4 is 20.7 Å². The number of allylic oxidation sites excluding steroid dienone is 1. The summed E-state index contributed by atoms with van der Waals surface area (Å²) in [5.74, 6) is 0.558. The number of benzene rings is 2. The molecule has 0 radical (unpaired) electrons. The van der Waals surface area contributed by atoms with Gasteiger partial charge in [0.05, 0.1) is 18.7 Å². The van der Waals surface area contributed by atoms with Crippen LogP contribution in [0.15, 0.2) is 59.8 Å². The SMILES string of the molecule is COc1ccc(NC(=O)C2=C(C)NC(=S)N[C@@H]2c2ccc(C)cc2)cc1. The van der Waals surface area contributed by atoms with Crippen LogP contribution in [0.2, 0.25) is 0 Å². The van der Waals surface area contributed by atoms with Crippen molar-refractivity contribution >= 4 is 28.9 Å². The van der Waals surface area contributed by atoms with Crippen molar-refractivity contribution in [3.8, 4) is 5.75 Å². The number of carbonyl (C=O) groups excluding carboxylic acids is 1. The molecular formula is C20H21N3O2S. The molecule has 1 heterocycles. The molecule has 2 aromatic rings. The van der Waals surface area contributed by atoms with Gasteiger partial charge in [-0.3, -0.25) is 4.79 Å². The van der Waals surface area contributed by atoms with Gasteiger partial charge in [-0.15, -0.1) is 0 Å². The highest BCUT2D eigenvalue weighted by Gasteiger charge is 2.29. The third-order valence-electron chi connectivity index (χ3n) is 4.27. The Kier molecular flexibility index (Phi) is 5.23. The molecule has 0 unspecified atom stereocenters. The van der Waals surface area contributed by atoms with E-state index in [9.17, 15) is 4.79 Å². The van der Waals surface area contributed by atoms with Crippen LogP contribution >= 0.6 is 12.2 Å². The predicted molar refractivity (Wildman–Crippen MR) is 107 cm³/mol. The number of ether oxygens (including phenoxy) is 1. The van der Waals surface area contributed by atoms with Gasteiger partial charge >= 0.3 is 0 Å². The number of thiocarbonyl (C=S) groups is 1. The van der Waals surface area contributed by atoms with Gasteiger partial charge in [-0.1, -0.05) is 29.8 Å². The standard InChI is InChI=1S/C20H21N3O2S/c1-12-4-6-14(7-5-12)18-17(13(2)21-20(26)23-18)19(24)22-15-8-10-16(25-3)11-9-15/h4-11,18H,1-3H3,(H,22,24)(H2,21,23,26)/t18-/m1/s1. The lowest BCUT2D eigenvalue weighted by atomic mass is 9.94. The Labute approximate surface area is 158 Å². The average Bonchev–Trinajstić information content (AvgIpc) is 2.62. The number of amides is 1. The third-order valence-corrected chi connectivity index (χ3v) is 4.49. The number of carbonyl (C=O) groups is 1. The highest BCUT2D eigenvalue weighted by atomic mass is 32.1. The van der Waals surface area contributed by atoms with E-state index in [0.29, 0.717) is 16.4 Å². The quantitative estimate of drug-likeness (QED) is 0.723. The molecule has 134 valence electrons. The first-order chi connectivity index (χ1) is 12.5. The predicted octanol–water partition coefficient (Wildman–Crippen LogP) is 3.44. The topological polar surface area (TPSA) is 62.4 Å². The van der Waals surface area contributed by atoms with Gasteiger partial charge in [0.15, 0.2) is 5.11 Å². The molecule has 0 fully saturated rings. The van der Waals surface area contributed by atoms with Crippen LogP contribution in [0.1, 0.15) is 24.1 Å². The summed E-state index contributed by atoms with van der Waals surface area (Å²) in [5.41, 5.74) is 4.20. The summed E-state index contributed by atoms with van der Waals surface area (Å²) in [6.07, 6.45) is 0. The van der Waals surface area contributed by atoms with Crippen molar-refractivity contribution in [1.29, 1.82) is 0 Å². The molecule has 1 aliphatic heterocycles. The lowest BCUT2D eigenvalue weighted by molar-refractivity contribution is -0.113. The first-order valence-electron chi connectivity index (χ1n) is 8.28. The van der Waals surface area contributed by atoms with E-state index in [1.54, 1.807) is 19.2 Å². The summed E-state index contributed by atoms with van der Waals surface area (Å²) in [6, 6.07) is 15.0. The Balaban J connectivity index is 1.89. The van der Waals surface area contributed by atoms with Crippen LogP contribution in [0.5, 0.6) is 5.75 Å². The molecule has 0 bridgehead atoms. The minimum Gasteiger partial charge on any atom is -0.497 e. The average molecular weight is 367 g/mol. The smallest absolute Gasteiger partial charge is 0.255 e. The highest BCUT2D eigenvalue weighted by Crippen LogP contribution is 2.28. The first kappa shape index (κ1) is 17.9. The largest absolute Gasteiger partial charge is 0.497 e. The van der Waals surface area contributed by atoms with Gasteiger partial charge in [-0.05, 0) is 55.9 Å². The van der Waals surface area contributed by atoms with E-state index in [-0.39, 0.29) is 11.9 Å². The van der Waals surface area contributed by atoms with Crippen molar-refractivity contribution in [3.63, 3.8) is 0 Å². The van der Waals surface area contributed by atoms with E-state index >= 15 is 0 Å². The van der Waals surface area contributed by atoms with Crippen LogP contribution in [0.3, 0.4) is 0 Å². The maximum Gasteiger partial charge on any atom is 0.255 e. The maximum atomic E-state index is 13.0. The van der Waals surface area contributed by atoms with Crippen LogP contribution in [-0.4, -0.2) is 18.1 Å². The second-order valence-corrected chi connectivity index (χ2v) is 6.57. The summed E-state index contributed by atoms with van der Waals surface area (Å²) in [7, 11) is 1.61. The molecular weight excluding hydrogens is 346 g/mol. The van der Waals surface area contributed by atoms with E-state index in [2.05, 4.69) is 16.0 Å². The minimum absolute atomic E-state index is 0.180. The maximum absolute atomic E-state index is 13.0. The van der Waals surface area contributed by atoms with Crippen molar-refractivity contribution in [2.45, 2.75) is 19.9 Å². The Bertz CT molecular complexity index is 858. The van der Waals surface area contributed by atoms with Gasteiger partial charge in [0.2, 0.25) is 0 Å². The zero-order chi connectivity index (χ0) is 18.7. The van der Waals surface area contributed by atoms with E-state index in [1.165, 1.54) is 0 Å². The van der Waals surface area contributed by atoms with E-state index in [1.807, 2.05) is 50.2 Å². The van der Waals surface area contributed by atoms with E-state index in [4.69, 9.17) is 17.0 Å². The molecule has 0 saturated carbocycles. The summed E-state index contributed by atoms with van der Waals surface area (Å²) in [5, 5.41) is 9.70. The lowest BCUT2D eigenvalue weighted by Gasteiger charge is -2.30. The zero-order valence-corrected chi connectivity index (χ0v) is 15.7. The lowest BCUT2D eigenvalue weighted by Crippen LogP contribution is -2.45. The molecule has 1 aliphatic rings. The molecule has 1 amide bonds. The summed E-state index contributed by atoms with van der Waals surface area (Å²) in [4.78, 5) is 13.0. The molecule has 1 atom stereocenters. The molecule has 0 aliphatic carbocycles. The fraction of sp³-hybridized carbons (Fsp3) is 0.200. The number of aryl methyl sites for hydroxylation is 1. The Hall–Kier alpha value is -2.86. The monoisotopic (exact) mass is 367 g/mol. The summed E-state index contributed by atoms with van der Waals surface area (Å²) < 4.78 is 5.15. The molecule has 5 nitrogen and oxygen atoms in total. The number of hydrogen-bond donors (Lipinski definition) is 3. The van der Waals surface area contributed by atoms with Crippen LogP contribution in [0, 0.1) is 6.92 Å². The summed E-state index contributed by atoms with van der Waals surface area (Å²) in [6.45, 7) is 3.89. The molecule has 3 rings (SSSR count). The van der Waals surface area contributed by atoms with Crippen molar-refractivity contribution in [1.82, 2.24) is 10.6 Å². The number of rotatable bonds is 4. The van der Waals surface area contributed by atoms with Gasteiger partial charge in [-0.2, -0.15) is 0 Å². The summed E-state index contributed by atoms with van der Waals surface area (Å²) >= 11 is 5.28. The number of methoxy groups -OCH3 is 1. The second kappa shape index (κ2) is 7.58. The molecule has 0 aromatic heterocycles. The van der Waals surface area contributed by atoms with E-state index in [0.717, 1.165) is 22.6 Å². The number of nitrogens with one attached hydrogen (secondary N) is 3. The van der Waals surface area contributed by atoms with Gasteiger partial charge < -0.3 is 20.7 Å². The second-order valence-electron chi connectivity index (χ2n) is 6.16. The van der Waals surface area contributed by atoms with Crippen molar-refractivity contribution < 1.29 is 9.53 Å². The number of hydrogen-bond acceptors (Lipinski definition) is 3. The molecule has 6 heteroatoms. The first-order valence-corrected chi connectivity index (χ1v) is 8.69. The fourth-order valence-corrected chi connectivity index (χ4v) is 3.15. The van der Waals surface area contributed by atoms with Crippen LogP contribution in [0.4, 0.5) is 5.69 Å². The third kappa shape index (κ3) is 3.86. The Morgan fingerprint density at radius 3 is 2.35 bits per heavy atom. The van der Waals surface area contributed by atoms with Gasteiger partial charge in [0.25, 0.3) is 5.91 Å². The molecule has 26 heavy (non-hydrogen) atoms. The normalized spacial score (nSPS) is 16.6. The number of anilines is 1. The molecule has 0 saturated heterocycles. The van der Waals surface area contributed by atoms with Crippen molar-refractivity contribution in [2.24, 2.45) is 0 Å². The van der Waals surface area contributed by atoms with Crippen molar-refractivity contribution in [2.75, 3.05) is 12.4 Å². The molecule has 3 N–H and O–H groups in total. The minimum atomic E-state index is -0.303. The molecule has 2 aromatic carbocycles. The fourth-order valence-electron chi connectivity index (χ4n) is 2.88. The van der Waals surface area contributed by atoms with Gasteiger partial charge in [0, 0.05) is 11.4 Å². The molecule has 0 spiro atoms. The van der Waals surface area contributed by atoms with Crippen LogP contribution in [-0.2, 0) is 4.79 Å². The Morgan fingerprint density at radius 2 is 1.73 bits per heavy atom. The Morgan fingerprint density at radius 1 is 1.08 bits per heavy atom. The highest BCUT2D eigenvalue weighted by molar-refractivity contribution is 7.80. The van der Waals surface area contributed by atoms with Gasteiger partial charge in [-0.25, -0.2) is 0 Å². The van der Waals surface area contributed by atoms with E-state index < -0.39 is 0 Å². The van der Waals surface area contributed by atoms with Crippen molar-refractivity contribution in [3.05, 3.63) is 70.9 Å². The zero-order valence-electron chi connectivity index (χ0n) is 14.9. The van der Waals surface area contributed by atoms with Crippen LogP contribution in [0.25, 0.3) is 0 Å².